The molecule has 1 aliphatic carbocycles. The second-order valence-corrected chi connectivity index (χ2v) is 7.76. The number of piperidine rings is 1. The Balaban J connectivity index is 1.68. The van der Waals surface area contributed by atoms with E-state index in [2.05, 4.69) is 15.3 Å². The molecule has 0 aromatic carbocycles. The summed E-state index contributed by atoms with van der Waals surface area (Å²) in [4.78, 5) is 22.2. The summed E-state index contributed by atoms with van der Waals surface area (Å²) in [5.41, 5.74) is -0.508. The lowest BCUT2D eigenvalue weighted by Crippen LogP contribution is -2.53. The number of amides is 1. The minimum Gasteiger partial charge on any atom is -0.444 e. The van der Waals surface area contributed by atoms with E-state index in [0.717, 1.165) is 12.8 Å². The maximum Gasteiger partial charge on any atom is 0.407 e. The Morgan fingerprint density at radius 2 is 1.96 bits per heavy atom. The Morgan fingerprint density at radius 3 is 2.54 bits per heavy atom. The molecule has 1 N–H and O–H groups in total. The number of aryl methyl sites for hydroxylation is 1. The van der Waals surface area contributed by atoms with Crippen LogP contribution in [-0.2, 0) is 4.74 Å². The normalized spacial score (nSPS) is 26.4. The number of nitrogens with zero attached hydrogens (tertiary/aromatic N) is 3. The molecule has 0 radical (unpaired) electrons. The van der Waals surface area contributed by atoms with E-state index in [1.807, 2.05) is 25.7 Å². The third-order valence-corrected chi connectivity index (χ3v) is 4.66. The van der Waals surface area contributed by atoms with E-state index in [1.165, 1.54) is 6.20 Å². The average Bonchev–Trinajstić information content (AvgIpc) is 2.70. The van der Waals surface area contributed by atoms with Gasteiger partial charge in [0.1, 0.15) is 11.4 Å². The highest BCUT2D eigenvalue weighted by Crippen LogP contribution is 2.38. The number of carbonyl (C=O) groups is 1. The summed E-state index contributed by atoms with van der Waals surface area (Å²) in [5, 5.41) is 3.02. The zero-order chi connectivity index (χ0) is 17.5. The molecular weight excluding hydrogens is 311 g/mol. The van der Waals surface area contributed by atoms with Gasteiger partial charge in [0.15, 0.2) is 11.6 Å². The van der Waals surface area contributed by atoms with Gasteiger partial charge < -0.3 is 15.0 Å². The quantitative estimate of drug-likeness (QED) is 0.899. The number of alkyl carbamates (subject to hydrolysis) is 1. The third-order valence-electron chi connectivity index (χ3n) is 4.66. The SMILES string of the molecule is Cc1ncc(F)c(N2C[C@H]3CC[C@@H](C2)C3NC(=O)OC(C)(C)C)n1. The number of hydrogen-bond acceptors (Lipinski definition) is 5. The molecule has 1 aliphatic heterocycles. The lowest BCUT2D eigenvalue weighted by molar-refractivity contribution is 0.0472. The maximum absolute atomic E-state index is 14.1. The van der Waals surface area contributed by atoms with Crippen LogP contribution in [0.25, 0.3) is 0 Å². The van der Waals surface area contributed by atoms with Crippen molar-refractivity contribution in [3.05, 3.63) is 17.8 Å². The standard InChI is InChI=1S/C17H25FN4O2/c1-10-19-7-13(18)15(20-10)22-8-11-5-6-12(9-22)14(11)21-16(23)24-17(2,3)4/h7,11-12,14H,5-6,8-9H2,1-4H3,(H,21,23)/t11-,12+,14?. The van der Waals surface area contributed by atoms with Crippen molar-refractivity contribution >= 4 is 11.9 Å². The van der Waals surface area contributed by atoms with E-state index in [9.17, 15) is 9.18 Å². The number of carbonyl (C=O) groups excluding carboxylic acids is 1. The van der Waals surface area contributed by atoms with Crippen molar-refractivity contribution < 1.29 is 13.9 Å². The van der Waals surface area contributed by atoms with E-state index in [4.69, 9.17) is 4.74 Å². The van der Waals surface area contributed by atoms with Crippen LogP contribution >= 0.6 is 0 Å². The molecule has 2 heterocycles. The van der Waals surface area contributed by atoms with Crippen LogP contribution in [0.4, 0.5) is 15.0 Å². The van der Waals surface area contributed by atoms with Crippen molar-refractivity contribution in [2.45, 2.75) is 52.2 Å². The summed E-state index contributed by atoms with van der Waals surface area (Å²) in [7, 11) is 0. The van der Waals surface area contributed by atoms with Crippen molar-refractivity contribution in [2.75, 3.05) is 18.0 Å². The molecule has 1 aromatic rings. The summed E-state index contributed by atoms with van der Waals surface area (Å²) in [5.74, 6) is 1.11. The molecule has 3 rings (SSSR count). The number of fused-ring (bicyclic) bond motifs is 2. The van der Waals surface area contributed by atoms with E-state index >= 15 is 0 Å². The molecular formula is C17H25FN4O2. The van der Waals surface area contributed by atoms with Crippen LogP contribution in [0.1, 0.15) is 39.4 Å². The van der Waals surface area contributed by atoms with Gasteiger partial charge >= 0.3 is 6.09 Å². The molecule has 1 unspecified atom stereocenters. The summed E-state index contributed by atoms with van der Waals surface area (Å²) in [6.07, 6.45) is 2.90. The molecule has 3 atom stereocenters. The summed E-state index contributed by atoms with van der Waals surface area (Å²) < 4.78 is 19.4. The Labute approximate surface area is 141 Å². The predicted molar refractivity (Wildman–Crippen MR) is 88.3 cm³/mol. The Bertz CT molecular complexity index is 618. The van der Waals surface area contributed by atoms with Crippen molar-refractivity contribution in [2.24, 2.45) is 11.8 Å². The first kappa shape index (κ1) is 16.9. The molecule has 0 spiro atoms. The van der Waals surface area contributed by atoms with Crippen molar-refractivity contribution in [1.82, 2.24) is 15.3 Å². The molecule has 1 amide bonds. The van der Waals surface area contributed by atoms with Gasteiger partial charge in [0.2, 0.25) is 0 Å². The van der Waals surface area contributed by atoms with Gasteiger partial charge in [-0.25, -0.2) is 19.2 Å². The largest absolute Gasteiger partial charge is 0.444 e. The maximum atomic E-state index is 14.1. The minimum atomic E-state index is -0.508. The lowest BCUT2D eigenvalue weighted by Gasteiger charge is -2.39. The van der Waals surface area contributed by atoms with Crippen molar-refractivity contribution in [3.63, 3.8) is 0 Å². The van der Waals surface area contributed by atoms with Crippen LogP contribution in [0.15, 0.2) is 6.20 Å². The van der Waals surface area contributed by atoms with E-state index in [1.54, 1.807) is 6.92 Å². The zero-order valence-electron chi connectivity index (χ0n) is 14.7. The second-order valence-electron chi connectivity index (χ2n) is 7.76. The van der Waals surface area contributed by atoms with Crippen LogP contribution in [0.5, 0.6) is 0 Å². The smallest absolute Gasteiger partial charge is 0.407 e. The zero-order valence-corrected chi connectivity index (χ0v) is 14.7. The molecule has 2 bridgehead atoms. The average molecular weight is 336 g/mol. The minimum absolute atomic E-state index is 0.0853. The van der Waals surface area contributed by atoms with Crippen molar-refractivity contribution in [3.8, 4) is 0 Å². The van der Waals surface area contributed by atoms with Crippen molar-refractivity contribution in [1.29, 1.82) is 0 Å². The third kappa shape index (κ3) is 3.60. The first-order valence-electron chi connectivity index (χ1n) is 8.46. The van der Waals surface area contributed by atoms with Gasteiger partial charge in [-0.1, -0.05) is 0 Å². The van der Waals surface area contributed by atoms with Crippen LogP contribution in [0, 0.1) is 24.6 Å². The molecule has 132 valence electrons. The fourth-order valence-corrected chi connectivity index (χ4v) is 3.74. The number of ether oxygens (including phenoxy) is 1. The van der Waals surface area contributed by atoms with Crippen LogP contribution in [0.3, 0.4) is 0 Å². The van der Waals surface area contributed by atoms with Gasteiger partial charge in [-0.15, -0.1) is 0 Å². The van der Waals surface area contributed by atoms with E-state index < -0.39 is 11.4 Å². The van der Waals surface area contributed by atoms with Gasteiger partial charge in [0.05, 0.1) is 6.20 Å². The summed E-state index contributed by atoms with van der Waals surface area (Å²) >= 11 is 0. The van der Waals surface area contributed by atoms with E-state index in [-0.39, 0.29) is 24.0 Å². The topological polar surface area (TPSA) is 67.4 Å². The lowest BCUT2D eigenvalue weighted by atomic mass is 9.92. The predicted octanol–water partition coefficient (Wildman–Crippen LogP) is 2.66. The van der Waals surface area contributed by atoms with Gasteiger partial charge in [-0.3, -0.25) is 0 Å². The fourth-order valence-electron chi connectivity index (χ4n) is 3.74. The van der Waals surface area contributed by atoms with Crippen LogP contribution in [-0.4, -0.2) is 40.8 Å². The molecule has 1 aromatic heterocycles. The number of rotatable bonds is 2. The first-order chi connectivity index (χ1) is 11.2. The Kier molecular flexibility index (Phi) is 4.36. The fraction of sp³-hybridized carbons (Fsp3) is 0.706. The summed E-state index contributed by atoms with van der Waals surface area (Å²) in [6.45, 7) is 8.68. The number of hydrogen-bond donors (Lipinski definition) is 1. The van der Waals surface area contributed by atoms with Crippen LogP contribution in [0.2, 0.25) is 0 Å². The molecule has 7 heteroatoms. The number of anilines is 1. The highest BCUT2D eigenvalue weighted by molar-refractivity contribution is 5.68. The molecule has 1 saturated heterocycles. The van der Waals surface area contributed by atoms with Crippen LogP contribution < -0.4 is 10.2 Å². The van der Waals surface area contributed by atoms with Gasteiger partial charge in [0, 0.05) is 19.1 Å². The number of halogens is 1. The Hall–Kier alpha value is -1.92. The van der Waals surface area contributed by atoms with Gasteiger partial charge in [-0.2, -0.15) is 0 Å². The monoisotopic (exact) mass is 336 g/mol. The molecule has 24 heavy (non-hydrogen) atoms. The Morgan fingerprint density at radius 1 is 1.33 bits per heavy atom. The second kappa shape index (κ2) is 6.18. The highest BCUT2D eigenvalue weighted by Gasteiger charge is 2.44. The molecule has 6 nitrogen and oxygen atoms in total. The molecule has 2 aliphatic rings. The first-order valence-corrected chi connectivity index (χ1v) is 8.46. The van der Waals surface area contributed by atoms with E-state index in [0.29, 0.717) is 24.7 Å². The van der Waals surface area contributed by atoms with Gasteiger partial charge in [-0.05, 0) is 52.4 Å². The summed E-state index contributed by atoms with van der Waals surface area (Å²) in [6, 6.07) is 0.0853. The molecule has 2 fully saturated rings. The van der Waals surface area contributed by atoms with Gasteiger partial charge in [0.25, 0.3) is 0 Å². The number of aromatic nitrogens is 2. The highest BCUT2D eigenvalue weighted by atomic mass is 19.1. The molecule has 1 saturated carbocycles. The number of nitrogens with one attached hydrogen (secondary N) is 1.